The number of carboxylic acid groups (broad SMARTS) is 1. The van der Waals surface area contributed by atoms with Gasteiger partial charge in [-0.1, -0.05) is 0 Å². The van der Waals surface area contributed by atoms with Gasteiger partial charge in [0.15, 0.2) is 0 Å². The fraction of sp³-hybridized carbons (Fsp3) is 0.200. The normalized spacial score (nSPS) is 9.70. The van der Waals surface area contributed by atoms with E-state index in [2.05, 4.69) is 4.98 Å². The molecule has 0 saturated heterocycles. The Morgan fingerprint density at radius 1 is 1.90 bits per heavy atom. The molecule has 0 spiro atoms. The lowest BCUT2D eigenvalue weighted by Gasteiger charge is -1.84. The molecular weight excluding hydrogens is 156 g/mol. The van der Waals surface area contributed by atoms with E-state index in [1.165, 1.54) is 16.6 Å². The molecule has 0 aliphatic carbocycles. The summed E-state index contributed by atoms with van der Waals surface area (Å²) in [6.45, 7) is 0. The van der Waals surface area contributed by atoms with Crippen molar-refractivity contribution in [3.05, 3.63) is 18.2 Å². The Hall–Kier alpha value is -1.03. The summed E-state index contributed by atoms with van der Waals surface area (Å²) in [5, 5.41) is 8.28. The molecule has 0 saturated carbocycles. The molecule has 0 amide bonds. The van der Waals surface area contributed by atoms with Gasteiger partial charge < -0.3 is 5.11 Å². The molecule has 1 aromatic rings. The molecule has 0 atom stereocenters. The molecule has 1 heterocycles. The van der Waals surface area contributed by atoms with Crippen LogP contribution >= 0.6 is 11.8 Å². The van der Waals surface area contributed by atoms with Gasteiger partial charge in [0, 0.05) is 18.0 Å². The van der Waals surface area contributed by atoms with E-state index in [-0.39, 0.29) is 6.42 Å². The van der Waals surface area contributed by atoms with Crippen LogP contribution in [0.3, 0.4) is 0 Å². The zero-order chi connectivity index (χ0) is 7.56. The predicted molar refractivity (Wildman–Crippen MR) is 34.8 cm³/mol. The fourth-order valence-electron chi connectivity index (χ4n) is 0.585. The van der Waals surface area contributed by atoms with E-state index in [0.29, 0.717) is 5.69 Å². The highest BCUT2D eigenvalue weighted by Crippen LogP contribution is 1.97. The number of halogens is 1. The van der Waals surface area contributed by atoms with Gasteiger partial charge in [0.05, 0.1) is 12.1 Å². The maximum atomic E-state index is 10.1. The molecule has 0 radical (unpaired) electrons. The number of carbonyl (C=O) groups is 1. The molecule has 0 aliphatic rings. The zero-order valence-electron chi connectivity index (χ0n) is 4.99. The molecule has 0 bridgehead atoms. The van der Waals surface area contributed by atoms with E-state index < -0.39 is 5.97 Å². The first-order valence-electron chi connectivity index (χ1n) is 2.59. The Labute approximate surface area is 62.2 Å². The summed E-state index contributed by atoms with van der Waals surface area (Å²) in [6, 6.07) is 0. The van der Waals surface area contributed by atoms with Crippen LogP contribution in [-0.2, 0) is 11.2 Å². The van der Waals surface area contributed by atoms with Gasteiger partial charge in [0.2, 0.25) is 0 Å². The third-order valence-electron chi connectivity index (χ3n) is 0.939. The molecule has 0 aromatic carbocycles. The van der Waals surface area contributed by atoms with Crippen molar-refractivity contribution in [2.45, 2.75) is 6.42 Å². The Balaban J connectivity index is 2.67. The van der Waals surface area contributed by atoms with Crippen molar-refractivity contribution < 1.29 is 9.90 Å². The van der Waals surface area contributed by atoms with Crippen LogP contribution in [0.15, 0.2) is 12.5 Å². The van der Waals surface area contributed by atoms with Crippen LogP contribution in [0.5, 0.6) is 0 Å². The number of aliphatic carboxylic acids is 1. The molecular formula is C5H5ClN2O2. The summed E-state index contributed by atoms with van der Waals surface area (Å²) in [4.78, 5) is 13.8. The van der Waals surface area contributed by atoms with E-state index in [1.807, 2.05) is 0 Å². The maximum Gasteiger partial charge on any atom is 0.309 e. The molecule has 54 valence electrons. The summed E-state index contributed by atoms with van der Waals surface area (Å²) >= 11 is 5.41. The minimum atomic E-state index is -0.907. The van der Waals surface area contributed by atoms with Crippen molar-refractivity contribution in [2.75, 3.05) is 0 Å². The van der Waals surface area contributed by atoms with Crippen molar-refractivity contribution >= 4 is 17.7 Å². The molecule has 4 nitrogen and oxygen atoms in total. The monoisotopic (exact) mass is 160 g/mol. The fourth-order valence-corrected chi connectivity index (χ4v) is 0.741. The quantitative estimate of drug-likeness (QED) is 0.686. The molecule has 10 heavy (non-hydrogen) atoms. The van der Waals surface area contributed by atoms with Gasteiger partial charge in [-0.15, -0.1) is 0 Å². The van der Waals surface area contributed by atoms with Crippen LogP contribution in [0, 0.1) is 0 Å². The second-order valence-corrected chi connectivity index (χ2v) is 2.17. The molecule has 1 aromatic heterocycles. The van der Waals surface area contributed by atoms with Gasteiger partial charge >= 0.3 is 5.97 Å². The topological polar surface area (TPSA) is 55.1 Å². The Kier molecular flexibility index (Phi) is 1.91. The number of aromatic nitrogens is 2. The number of imidazole rings is 1. The van der Waals surface area contributed by atoms with Gasteiger partial charge in [-0.25, -0.2) is 9.07 Å². The van der Waals surface area contributed by atoms with Crippen LogP contribution in [0.2, 0.25) is 0 Å². The molecule has 1 rings (SSSR count). The first kappa shape index (κ1) is 7.08. The lowest BCUT2D eigenvalue weighted by atomic mass is 10.3. The summed E-state index contributed by atoms with van der Waals surface area (Å²) in [5.74, 6) is -0.907. The highest BCUT2D eigenvalue weighted by Gasteiger charge is 2.01. The Morgan fingerprint density at radius 3 is 3.00 bits per heavy atom. The average Bonchev–Trinajstić information content (AvgIpc) is 2.13. The molecule has 1 N–H and O–H groups in total. The van der Waals surface area contributed by atoms with E-state index in [4.69, 9.17) is 16.9 Å². The minimum Gasteiger partial charge on any atom is -0.481 e. The Morgan fingerprint density at radius 2 is 2.60 bits per heavy atom. The van der Waals surface area contributed by atoms with Gasteiger partial charge in [0.25, 0.3) is 0 Å². The van der Waals surface area contributed by atoms with Crippen molar-refractivity contribution in [1.82, 2.24) is 9.07 Å². The van der Waals surface area contributed by atoms with Crippen LogP contribution in [0.4, 0.5) is 0 Å². The lowest BCUT2D eigenvalue weighted by molar-refractivity contribution is -0.136. The number of hydrogen-bond acceptors (Lipinski definition) is 2. The largest absolute Gasteiger partial charge is 0.481 e. The second-order valence-electron chi connectivity index (χ2n) is 1.78. The number of carboxylic acids is 1. The molecule has 0 aliphatic heterocycles. The van der Waals surface area contributed by atoms with Crippen molar-refractivity contribution in [3.8, 4) is 0 Å². The first-order chi connectivity index (χ1) is 4.68. The maximum absolute atomic E-state index is 10.1. The van der Waals surface area contributed by atoms with Crippen molar-refractivity contribution in [3.63, 3.8) is 0 Å². The SMILES string of the molecule is O=C(O)Cc1cn(Cl)cn1. The molecule has 5 heteroatoms. The summed E-state index contributed by atoms with van der Waals surface area (Å²) in [6.07, 6.45) is 2.72. The third-order valence-corrected chi connectivity index (χ3v) is 1.12. The highest BCUT2D eigenvalue weighted by atomic mass is 35.5. The number of rotatable bonds is 2. The van der Waals surface area contributed by atoms with Crippen LogP contribution in [0.1, 0.15) is 5.69 Å². The molecule has 0 fully saturated rings. The van der Waals surface area contributed by atoms with Crippen molar-refractivity contribution in [1.29, 1.82) is 0 Å². The smallest absolute Gasteiger partial charge is 0.309 e. The van der Waals surface area contributed by atoms with Gasteiger partial charge in [-0.2, -0.15) is 0 Å². The van der Waals surface area contributed by atoms with E-state index >= 15 is 0 Å². The minimum absolute atomic E-state index is 0.0836. The summed E-state index contributed by atoms with van der Waals surface area (Å²) in [5.41, 5.74) is 0.461. The molecule has 0 unspecified atom stereocenters. The predicted octanol–water partition coefficient (Wildman–Crippen LogP) is 0.512. The standard InChI is InChI=1S/C5H5ClN2O2/c6-8-2-4(7-3-8)1-5(9)10/h2-3H,1H2,(H,9,10). The van der Waals surface area contributed by atoms with Crippen LogP contribution < -0.4 is 0 Å². The van der Waals surface area contributed by atoms with Gasteiger partial charge in [-0.05, 0) is 0 Å². The third kappa shape index (κ3) is 1.73. The average molecular weight is 161 g/mol. The van der Waals surface area contributed by atoms with Gasteiger partial charge in [-0.3, -0.25) is 4.79 Å². The van der Waals surface area contributed by atoms with E-state index in [9.17, 15) is 4.79 Å². The Bertz CT molecular complexity index is 246. The zero-order valence-corrected chi connectivity index (χ0v) is 5.75. The van der Waals surface area contributed by atoms with E-state index in [1.54, 1.807) is 0 Å². The summed E-state index contributed by atoms with van der Waals surface area (Å²) < 4.78 is 1.19. The van der Waals surface area contributed by atoms with E-state index in [0.717, 1.165) is 0 Å². The van der Waals surface area contributed by atoms with Crippen molar-refractivity contribution in [2.24, 2.45) is 0 Å². The summed E-state index contributed by atoms with van der Waals surface area (Å²) in [7, 11) is 0. The van der Waals surface area contributed by atoms with Crippen LogP contribution in [0.25, 0.3) is 0 Å². The van der Waals surface area contributed by atoms with Gasteiger partial charge in [0.1, 0.15) is 6.33 Å². The number of nitrogens with zero attached hydrogens (tertiary/aromatic N) is 2. The second kappa shape index (κ2) is 2.70. The highest BCUT2D eigenvalue weighted by molar-refractivity contribution is 6.15. The number of hydrogen-bond donors (Lipinski definition) is 1. The van der Waals surface area contributed by atoms with Crippen LogP contribution in [-0.4, -0.2) is 20.1 Å². The lowest BCUT2D eigenvalue weighted by Crippen LogP contribution is -1.99. The first-order valence-corrected chi connectivity index (χ1v) is 2.93.